The van der Waals surface area contributed by atoms with Gasteiger partial charge in [-0.2, -0.15) is 10.2 Å². The fourth-order valence-electron chi connectivity index (χ4n) is 1.92. The van der Waals surface area contributed by atoms with Gasteiger partial charge >= 0.3 is 0 Å². The molecule has 2 nitrogen and oxygen atoms in total. The average molecular weight is 220 g/mol. The lowest BCUT2D eigenvalue weighted by Crippen LogP contribution is -1.82. The van der Waals surface area contributed by atoms with Crippen molar-refractivity contribution in [3.8, 4) is 11.1 Å². The SMILES string of the molecule is Cc1ccc(-c2ccc3cnncc3c2)cc1. The summed E-state index contributed by atoms with van der Waals surface area (Å²) in [5.74, 6) is 0. The number of aromatic nitrogens is 2. The van der Waals surface area contributed by atoms with Crippen LogP contribution in [0.2, 0.25) is 0 Å². The monoisotopic (exact) mass is 220 g/mol. The van der Waals surface area contributed by atoms with Gasteiger partial charge in [0.1, 0.15) is 0 Å². The first-order valence-corrected chi connectivity index (χ1v) is 5.60. The molecule has 17 heavy (non-hydrogen) atoms. The summed E-state index contributed by atoms with van der Waals surface area (Å²) in [6.07, 6.45) is 3.58. The summed E-state index contributed by atoms with van der Waals surface area (Å²) in [5, 5.41) is 10.0. The molecular weight excluding hydrogens is 208 g/mol. The first-order chi connectivity index (χ1) is 8.33. The van der Waals surface area contributed by atoms with Crippen LogP contribution in [0.15, 0.2) is 54.9 Å². The zero-order valence-corrected chi connectivity index (χ0v) is 9.59. The molecule has 0 aliphatic carbocycles. The van der Waals surface area contributed by atoms with E-state index in [2.05, 4.69) is 59.6 Å². The highest BCUT2D eigenvalue weighted by atomic mass is 15.1. The summed E-state index contributed by atoms with van der Waals surface area (Å²) < 4.78 is 0. The first kappa shape index (κ1) is 9.97. The van der Waals surface area contributed by atoms with Crippen molar-refractivity contribution in [2.24, 2.45) is 0 Å². The topological polar surface area (TPSA) is 25.8 Å². The molecule has 0 N–H and O–H groups in total. The van der Waals surface area contributed by atoms with Gasteiger partial charge in [0.2, 0.25) is 0 Å². The molecule has 0 fully saturated rings. The maximum atomic E-state index is 3.91. The summed E-state index contributed by atoms with van der Waals surface area (Å²) in [6.45, 7) is 2.10. The fraction of sp³-hybridized carbons (Fsp3) is 0.0667. The van der Waals surface area contributed by atoms with Crippen molar-refractivity contribution in [2.45, 2.75) is 6.92 Å². The molecule has 0 saturated carbocycles. The van der Waals surface area contributed by atoms with Crippen LogP contribution in [0.25, 0.3) is 21.9 Å². The van der Waals surface area contributed by atoms with E-state index in [-0.39, 0.29) is 0 Å². The quantitative estimate of drug-likeness (QED) is 0.626. The Balaban J connectivity index is 2.14. The largest absolute Gasteiger partial charge is 0.158 e. The molecule has 0 aliphatic rings. The third-order valence-corrected chi connectivity index (χ3v) is 2.93. The summed E-state index contributed by atoms with van der Waals surface area (Å²) in [6, 6.07) is 14.9. The Hall–Kier alpha value is -2.22. The van der Waals surface area contributed by atoms with Gasteiger partial charge in [-0.1, -0.05) is 42.0 Å². The highest BCUT2D eigenvalue weighted by Gasteiger charge is 1.99. The normalized spacial score (nSPS) is 10.6. The van der Waals surface area contributed by atoms with Crippen LogP contribution in [-0.2, 0) is 0 Å². The molecule has 0 amide bonds. The Morgan fingerprint density at radius 2 is 1.35 bits per heavy atom. The molecule has 0 aliphatic heterocycles. The van der Waals surface area contributed by atoms with Crippen molar-refractivity contribution in [3.05, 3.63) is 60.4 Å². The Morgan fingerprint density at radius 3 is 2.12 bits per heavy atom. The Bertz CT molecular complexity index is 657. The van der Waals surface area contributed by atoms with Gasteiger partial charge in [-0.3, -0.25) is 0 Å². The second-order valence-electron chi connectivity index (χ2n) is 4.20. The molecule has 0 saturated heterocycles. The van der Waals surface area contributed by atoms with Gasteiger partial charge in [-0.05, 0) is 24.1 Å². The van der Waals surface area contributed by atoms with Crippen molar-refractivity contribution in [1.29, 1.82) is 0 Å². The van der Waals surface area contributed by atoms with Crippen LogP contribution in [0.4, 0.5) is 0 Å². The van der Waals surface area contributed by atoms with Crippen molar-refractivity contribution in [2.75, 3.05) is 0 Å². The maximum absolute atomic E-state index is 3.91. The Labute approximate surface area is 99.9 Å². The van der Waals surface area contributed by atoms with Crippen LogP contribution in [0, 0.1) is 6.92 Å². The van der Waals surface area contributed by atoms with Crippen LogP contribution in [0.5, 0.6) is 0 Å². The van der Waals surface area contributed by atoms with Crippen molar-refractivity contribution in [1.82, 2.24) is 10.2 Å². The summed E-state index contributed by atoms with van der Waals surface area (Å²) in [7, 11) is 0. The zero-order chi connectivity index (χ0) is 11.7. The van der Waals surface area contributed by atoms with E-state index in [0.717, 1.165) is 10.8 Å². The first-order valence-electron chi connectivity index (χ1n) is 5.60. The van der Waals surface area contributed by atoms with E-state index >= 15 is 0 Å². The predicted molar refractivity (Wildman–Crippen MR) is 69.7 cm³/mol. The zero-order valence-electron chi connectivity index (χ0n) is 9.59. The van der Waals surface area contributed by atoms with E-state index in [1.54, 1.807) is 12.4 Å². The Kier molecular flexibility index (Phi) is 2.33. The van der Waals surface area contributed by atoms with Gasteiger partial charge in [0.05, 0.1) is 12.4 Å². The minimum Gasteiger partial charge on any atom is -0.158 e. The molecule has 3 aromatic rings. The molecule has 2 heteroatoms. The second-order valence-corrected chi connectivity index (χ2v) is 4.20. The maximum Gasteiger partial charge on any atom is 0.0574 e. The number of nitrogens with zero attached hydrogens (tertiary/aromatic N) is 2. The predicted octanol–water partition coefficient (Wildman–Crippen LogP) is 3.61. The molecular formula is C15H12N2. The van der Waals surface area contributed by atoms with Crippen LogP contribution in [0.1, 0.15) is 5.56 Å². The highest BCUT2D eigenvalue weighted by molar-refractivity contribution is 5.85. The number of rotatable bonds is 1. The summed E-state index contributed by atoms with van der Waals surface area (Å²) >= 11 is 0. The average Bonchev–Trinajstić information content (AvgIpc) is 2.39. The summed E-state index contributed by atoms with van der Waals surface area (Å²) in [5.41, 5.74) is 3.72. The number of aryl methyl sites for hydroxylation is 1. The second kappa shape index (κ2) is 3.98. The van der Waals surface area contributed by atoms with E-state index in [1.807, 2.05) is 0 Å². The minimum atomic E-state index is 1.12. The molecule has 0 atom stereocenters. The van der Waals surface area contributed by atoms with Crippen LogP contribution >= 0.6 is 0 Å². The van der Waals surface area contributed by atoms with E-state index in [4.69, 9.17) is 0 Å². The molecule has 0 radical (unpaired) electrons. The molecule has 82 valence electrons. The molecule has 0 spiro atoms. The molecule has 0 bridgehead atoms. The van der Waals surface area contributed by atoms with Crippen LogP contribution in [0.3, 0.4) is 0 Å². The lowest BCUT2D eigenvalue weighted by Gasteiger charge is -2.04. The number of hydrogen-bond donors (Lipinski definition) is 0. The smallest absolute Gasteiger partial charge is 0.0574 e. The third-order valence-electron chi connectivity index (χ3n) is 2.93. The van der Waals surface area contributed by atoms with Crippen LogP contribution in [-0.4, -0.2) is 10.2 Å². The lowest BCUT2D eigenvalue weighted by molar-refractivity contribution is 1.05. The van der Waals surface area contributed by atoms with Gasteiger partial charge in [-0.15, -0.1) is 0 Å². The molecule has 2 aromatic carbocycles. The van der Waals surface area contributed by atoms with E-state index in [0.29, 0.717) is 0 Å². The van der Waals surface area contributed by atoms with E-state index < -0.39 is 0 Å². The fourth-order valence-corrected chi connectivity index (χ4v) is 1.92. The molecule has 1 aromatic heterocycles. The van der Waals surface area contributed by atoms with Gasteiger partial charge < -0.3 is 0 Å². The molecule has 0 unspecified atom stereocenters. The third kappa shape index (κ3) is 1.89. The number of fused-ring (bicyclic) bond motifs is 1. The Morgan fingerprint density at radius 1 is 0.706 bits per heavy atom. The number of hydrogen-bond acceptors (Lipinski definition) is 2. The number of benzene rings is 2. The lowest BCUT2D eigenvalue weighted by atomic mass is 10.0. The van der Waals surface area contributed by atoms with Crippen molar-refractivity contribution < 1.29 is 0 Å². The van der Waals surface area contributed by atoms with Crippen molar-refractivity contribution in [3.63, 3.8) is 0 Å². The van der Waals surface area contributed by atoms with Gasteiger partial charge in [-0.25, -0.2) is 0 Å². The highest BCUT2D eigenvalue weighted by Crippen LogP contribution is 2.23. The molecule has 1 heterocycles. The summed E-state index contributed by atoms with van der Waals surface area (Å²) in [4.78, 5) is 0. The minimum absolute atomic E-state index is 1.12. The van der Waals surface area contributed by atoms with Crippen molar-refractivity contribution >= 4 is 10.8 Å². The van der Waals surface area contributed by atoms with Crippen LogP contribution < -0.4 is 0 Å². The van der Waals surface area contributed by atoms with Gasteiger partial charge in [0, 0.05) is 10.8 Å². The van der Waals surface area contributed by atoms with E-state index in [9.17, 15) is 0 Å². The molecule has 3 rings (SSSR count). The van der Waals surface area contributed by atoms with E-state index in [1.165, 1.54) is 16.7 Å². The van der Waals surface area contributed by atoms with Gasteiger partial charge in [0.15, 0.2) is 0 Å². The standard InChI is InChI=1S/C15H12N2/c1-11-2-4-12(5-3-11)13-6-7-14-9-16-17-10-15(14)8-13/h2-10H,1H3. The van der Waals surface area contributed by atoms with Gasteiger partial charge in [0.25, 0.3) is 0 Å².